The van der Waals surface area contributed by atoms with Gasteiger partial charge >= 0.3 is 0 Å². The smallest absolute Gasteiger partial charge is 0.265 e. The first-order chi connectivity index (χ1) is 9.66. The van der Waals surface area contributed by atoms with Crippen LogP contribution in [0.2, 0.25) is 5.02 Å². The second-order valence-electron chi connectivity index (χ2n) is 3.96. The summed E-state index contributed by atoms with van der Waals surface area (Å²) < 4.78 is 38.9. The summed E-state index contributed by atoms with van der Waals surface area (Å²) in [4.78, 5) is 11.7. The normalized spacial score (nSPS) is 12.8. The highest BCUT2D eigenvalue weighted by molar-refractivity contribution is 8.13. The summed E-state index contributed by atoms with van der Waals surface area (Å²) in [6.07, 6.45) is 1.50. The van der Waals surface area contributed by atoms with Crippen molar-refractivity contribution in [3.63, 3.8) is 0 Å². The van der Waals surface area contributed by atoms with Crippen LogP contribution in [-0.4, -0.2) is 44.2 Å². The van der Waals surface area contributed by atoms with Gasteiger partial charge in [0.15, 0.2) is 5.75 Å². The summed E-state index contributed by atoms with van der Waals surface area (Å²) in [5.74, 6) is -0.513. The van der Waals surface area contributed by atoms with E-state index in [0.717, 1.165) is 6.07 Å². The maximum absolute atomic E-state index is 12.1. The lowest BCUT2D eigenvalue weighted by molar-refractivity contribution is 0.0952. The molecule has 118 valence electrons. The van der Waals surface area contributed by atoms with Crippen molar-refractivity contribution in [1.82, 2.24) is 5.32 Å². The standard InChI is InChI=1S/C11H13Cl2NO5S2/c1-19-10-8(11(15)14-3-4-20(2)16)5-7(12)6-9(10)21(13,17)18/h5-6H,3-4H2,1-2H3,(H,14,15). The second-order valence-corrected chi connectivity index (χ2v) is 8.48. The van der Waals surface area contributed by atoms with E-state index in [1.165, 1.54) is 19.4 Å². The van der Waals surface area contributed by atoms with Gasteiger partial charge in [0.05, 0.1) is 12.7 Å². The largest absolute Gasteiger partial charge is 0.494 e. The Labute approximate surface area is 134 Å². The summed E-state index contributed by atoms with van der Waals surface area (Å²) in [5.41, 5.74) is -0.0638. The number of nitrogens with one attached hydrogen (secondary N) is 1. The number of methoxy groups -OCH3 is 1. The molecule has 0 aliphatic carbocycles. The van der Waals surface area contributed by atoms with Gasteiger partial charge in [-0.3, -0.25) is 9.00 Å². The molecule has 1 aromatic rings. The quantitative estimate of drug-likeness (QED) is 0.760. The van der Waals surface area contributed by atoms with Crippen LogP contribution in [0, 0.1) is 0 Å². The van der Waals surface area contributed by atoms with E-state index in [1.54, 1.807) is 0 Å². The van der Waals surface area contributed by atoms with Crippen molar-refractivity contribution < 1.29 is 22.2 Å². The van der Waals surface area contributed by atoms with Crippen molar-refractivity contribution in [2.75, 3.05) is 25.7 Å². The molecule has 0 saturated heterocycles. The summed E-state index contributed by atoms with van der Waals surface area (Å²) in [6.45, 7) is 0.167. The molecule has 0 aliphatic heterocycles. The average Bonchev–Trinajstić information content (AvgIpc) is 2.36. The van der Waals surface area contributed by atoms with E-state index in [-0.39, 0.29) is 33.5 Å². The Bertz CT molecular complexity index is 675. The first-order valence-electron chi connectivity index (χ1n) is 5.57. The van der Waals surface area contributed by atoms with Crippen molar-refractivity contribution in [2.24, 2.45) is 0 Å². The molecule has 0 saturated carbocycles. The molecule has 1 atom stereocenters. The van der Waals surface area contributed by atoms with E-state index in [0.29, 0.717) is 0 Å². The Balaban J connectivity index is 3.20. The minimum atomic E-state index is -4.12. The molecule has 0 radical (unpaired) electrons. The fourth-order valence-corrected chi connectivity index (χ4v) is 3.23. The van der Waals surface area contributed by atoms with Crippen LogP contribution < -0.4 is 10.1 Å². The molecule has 0 fully saturated rings. The molecule has 1 amide bonds. The zero-order chi connectivity index (χ0) is 16.2. The maximum atomic E-state index is 12.1. The predicted molar refractivity (Wildman–Crippen MR) is 82.3 cm³/mol. The molecule has 1 unspecified atom stereocenters. The SMILES string of the molecule is COc1c(C(=O)NCCS(C)=O)cc(Cl)cc1S(=O)(=O)Cl. The van der Waals surface area contributed by atoms with E-state index >= 15 is 0 Å². The minimum absolute atomic E-state index is 0.0271. The van der Waals surface area contributed by atoms with Crippen molar-refractivity contribution in [3.05, 3.63) is 22.7 Å². The van der Waals surface area contributed by atoms with Gasteiger partial charge in [-0.05, 0) is 12.1 Å². The highest BCUT2D eigenvalue weighted by Gasteiger charge is 2.24. The predicted octanol–water partition coefficient (Wildman–Crippen LogP) is 1.38. The zero-order valence-electron chi connectivity index (χ0n) is 11.2. The Morgan fingerprint density at radius 2 is 2.05 bits per heavy atom. The molecule has 1 aromatic carbocycles. The summed E-state index contributed by atoms with van der Waals surface area (Å²) in [5, 5.41) is 2.53. The number of benzene rings is 1. The average molecular weight is 374 g/mol. The number of ether oxygens (including phenoxy) is 1. The van der Waals surface area contributed by atoms with Gasteiger partial charge in [-0.25, -0.2) is 8.42 Å². The van der Waals surface area contributed by atoms with Gasteiger partial charge in [0.1, 0.15) is 4.90 Å². The third-order valence-corrected chi connectivity index (χ3v) is 4.73. The summed E-state index contributed by atoms with van der Waals surface area (Å²) in [6, 6.07) is 2.37. The number of hydrogen-bond donors (Lipinski definition) is 1. The molecule has 10 heteroatoms. The van der Waals surface area contributed by atoms with Crippen LogP contribution in [0.3, 0.4) is 0 Å². The third-order valence-electron chi connectivity index (χ3n) is 2.41. The minimum Gasteiger partial charge on any atom is -0.494 e. The molecule has 1 N–H and O–H groups in total. The molecule has 0 bridgehead atoms. The van der Waals surface area contributed by atoms with Crippen molar-refractivity contribution in [3.8, 4) is 5.75 Å². The number of hydrogen-bond acceptors (Lipinski definition) is 5. The molecule has 0 aliphatic rings. The maximum Gasteiger partial charge on any atom is 0.265 e. The van der Waals surface area contributed by atoms with Gasteiger partial charge in [0, 0.05) is 45.1 Å². The van der Waals surface area contributed by atoms with Crippen LogP contribution in [0.4, 0.5) is 0 Å². The molecule has 0 spiro atoms. The molecule has 21 heavy (non-hydrogen) atoms. The highest BCUT2D eigenvalue weighted by Crippen LogP contribution is 2.33. The first-order valence-corrected chi connectivity index (χ1v) is 9.98. The number of rotatable bonds is 6. The third kappa shape index (κ3) is 5.14. The van der Waals surface area contributed by atoms with Crippen LogP contribution in [0.15, 0.2) is 17.0 Å². The van der Waals surface area contributed by atoms with Gasteiger partial charge < -0.3 is 10.1 Å². The number of carbonyl (C=O) groups excluding carboxylic acids is 1. The Kier molecular flexibility index (Phi) is 6.45. The van der Waals surface area contributed by atoms with Gasteiger partial charge in [-0.15, -0.1) is 0 Å². The zero-order valence-corrected chi connectivity index (χ0v) is 14.3. The van der Waals surface area contributed by atoms with Crippen molar-refractivity contribution in [2.45, 2.75) is 4.90 Å². The van der Waals surface area contributed by atoms with Crippen LogP contribution in [0.5, 0.6) is 5.75 Å². The van der Waals surface area contributed by atoms with Crippen LogP contribution >= 0.6 is 22.3 Å². The van der Waals surface area contributed by atoms with Crippen molar-refractivity contribution in [1.29, 1.82) is 0 Å². The van der Waals surface area contributed by atoms with Crippen LogP contribution in [-0.2, 0) is 19.9 Å². The lowest BCUT2D eigenvalue weighted by Gasteiger charge is -2.12. The van der Waals surface area contributed by atoms with Crippen LogP contribution in [0.1, 0.15) is 10.4 Å². The monoisotopic (exact) mass is 373 g/mol. The highest BCUT2D eigenvalue weighted by atomic mass is 35.7. The van der Waals surface area contributed by atoms with Gasteiger partial charge in [0.2, 0.25) is 0 Å². The van der Waals surface area contributed by atoms with E-state index in [9.17, 15) is 17.4 Å². The molecule has 0 heterocycles. The van der Waals surface area contributed by atoms with E-state index in [2.05, 4.69) is 5.32 Å². The lowest BCUT2D eigenvalue weighted by atomic mass is 10.2. The van der Waals surface area contributed by atoms with Gasteiger partial charge in [0.25, 0.3) is 15.0 Å². The Hall–Kier alpha value is -0.830. The summed E-state index contributed by atoms with van der Waals surface area (Å²) >= 11 is 5.81. The molecular formula is C11H13Cl2NO5S2. The molecule has 1 rings (SSSR count). The molecule has 6 nitrogen and oxygen atoms in total. The van der Waals surface area contributed by atoms with Gasteiger partial charge in [-0.1, -0.05) is 11.6 Å². The van der Waals surface area contributed by atoms with E-state index in [4.69, 9.17) is 27.0 Å². The topological polar surface area (TPSA) is 89.5 Å². The lowest BCUT2D eigenvalue weighted by Crippen LogP contribution is -2.28. The fraction of sp³-hybridized carbons (Fsp3) is 0.364. The van der Waals surface area contributed by atoms with E-state index in [1.807, 2.05) is 0 Å². The Morgan fingerprint density at radius 1 is 1.43 bits per heavy atom. The summed E-state index contributed by atoms with van der Waals surface area (Å²) in [7, 11) is 1.33. The number of amides is 1. The molecule has 0 aromatic heterocycles. The fourth-order valence-electron chi connectivity index (χ4n) is 1.53. The van der Waals surface area contributed by atoms with Crippen molar-refractivity contribution >= 4 is 48.0 Å². The first kappa shape index (κ1) is 18.2. The van der Waals surface area contributed by atoms with Crippen LogP contribution in [0.25, 0.3) is 0 Å². The number of carbonyl (C=O) groups is 1. The molecular weight excluding hydrogens is 361 g/mol. The Morgan fingerprint density at radius 3 is 2.52 bits per heavy atom. The van der Waals surface area contributed by atoms with E-state index < -0.39 is 25.8 Å². The second kappa shape index (κ2) is 7.44. The number of halogens is 2. The van der Waals surface area contributed by atoms with Gasteiger partial charge in [-0.2, -0.15) is 0 Å².